The molecule has 0 fully saturated rings. The fourth-order valence-corrected chi connectivity index (χ4v) is 5.01. The number of halogens is 1. The first-order valence-corrected chi connectivity index (χ1v) is 9.28. The van der Waals surface area contributed by atoms with E-state index in [0.717, 1.165) is 13.0 Å². The van der Waals surface area contributed by atoms with Crippen LogP contribution >= 0.6 is 38.6 Å². The van der Waals surface area contributed by atoms with Crippen molar-refractivity contribution in [3.63, 3.8) is 0 Å². The lowest BCUT2D eigenvalue weighted by atomic mass is 10.1. The Morgan fingerprint density at radius 3 is 2.80 bits per heavy atom. The van der Waals surface area contributed by atoms with E-state index in [4.69, 9.17) is 0 Å². The first kappa shape index (κ1) is 14.3. The molecule has 1 atom stereocenters. The molecule has 1 N–H and O–H groups in total. The molecule has 0 saturated heterocycles. The smallest absolute Gasteiger partial charge is 0.0690 e. The van der Waals surface area contributed by atoms with E-state index in [1.54, 1.807) is 11.3 Å². The summed E-state index contributed by atoms with van der Waals surface area (Å²) in [6.45, 7) is 3.23. The third-order valence-corrected chi connectivity index (χ3v) is 6.21. The molecule has 1 nitrogen and oxygen atoms in total. The summed E-state index contributed by atoms with van der Waals surface area (Å²) in [5.74, 6) is 0. The molecule has 1 unspecified atom stereocenters. The van der Waals surface area contributed by atoms with Crippen LogP contribution in [0.15, 0.2) is 45.6 Å². The SMILES string of the molecule is CCCNC(c1cc2ccccc2s1)c1cscc1Br. The maximum Gasteiger partial charge on any atom is 0.0690 e. The molecule has 104 valence electrons. The van der Waals surface area contributed by atoms with Gasteiger partial charge in [-0.1, -0.05) is 25.1 Å². The molecule has 0 amide bonds. The van der Waals surface area contributed by atoms with Crippen molar-refractivity contribution in [1.29, 1.82) is 0 Å². The Morgan fingerprint density at radius 1 is 1.25 bits per heavy atom. The third-order valence-electron chi connectivity index (χ3n) is 3.28. The van der Waals surface area contributed by atoms with E-state index in [2.05, 4.69) is 69.3 Å². The maximum absolute atomic E-state index is 3.68. The van der Waals surface area contributed by atoms with Crippen LogP contribution in [-0.2, 0) is 0 Å². The van der Waals surface area contributed by atoms with Crippen LogP contribution in [0.5, 0.6) is 0 Å². The van der Waals surface area contributed by atoms with Gasteiger partial charge in [0.15, 0.2) is 0 Å². The lowest BCUT2D eigenvalue weighted by molar-refractivity contribution is 0.606. The van der Waals surface area contributed by atoms with Crippen LogP contribution in [-0.4, -0.2) is 6.54 Å². The number of hydrogen-bond acceptors (Lipinski definition) is 3. The van der Waals surface area contributed by atoms with Gasteiger partial charge in [-0.25, -0.2) is 0 Å². The molecule has 1 aromatic carbocycles. The van der Waals surface area contributed by atoms with E-state index in [1.807, 2.05) is 11.3 Å². The molecular formula is C16H16BrNS2. The fraction of sp³-hybridized carbons (Fsp3) is 0.250. The van der Waals surface area contributed by atoms with E-state index >= 15 is 0 Å². The second kappa shape index (κ2) is 6.39. The number of benzene rings is 1. The third kappa shape index (κ3) is 2.84. The van der Waals surface area contributed by atoms with Crippen molar-refractivity contribution in [2.45, 2.75) is 19.4 Å². The molecule has 20 heavy (non-hydrogen) atoms. The molecule has 0 aliphatic rings. The summed E-state index contributed by atoms with van der Waals surface area (Å²) in [4.78, 5) is 1.39. The van der Waals surface area contributed by atoms with Gasteiger partial charge in [-0.2, -0.15) is 11.3 Å². The average Bonchev–Trinajstić information content (AvgIpc) is 3.06. The average molecular weight is 366 g/mol. The summed E-state index contributed by atoms with van der Waals surface area (Å²) in [7, 11) is 0. The highest BCUT2D eigenvalue weighted by Crippen LogP contribution is 2.37. The van der Waals surface area contributed by atoms with Gasteiger partial charge in [0, 0.05) is 19.4 Å². The number of hydrogen-bond donors (Lipinski definition) is 1. The van der Waals surface area contributed by atoms with Crippen LogP contribution in [0.25, 0.3) is 10.1 Å². The van der Waals surface area contributed by atoms with Gasteiger partial charge in [-0.15, -0.1) is 11.3 Å². The minimum Gasteiger partial charge on any atom is -0.306 e. The van der Waals surface area contributed by atoms with Gasteiger partial charge in [0.1, 0.15) is 0 Å². The maximum atomic E-state index is 3.68. The highest BCUT2D eigenvalue weighted by atomic mass is 79.9. The van der Waals surface area contributed by atoms with Crippen LogP contribution < -0.4 is 5.32 Å². The number of fused-ring (bicyclic) bond motifs is 1. The van der Waals surface area contributed by atoms with E-state index < -0.39 is 0 Å². The number of rotatable bonds is 5. The van der Waals surface area contributed by atoms with Crippen molar-refractivity contribution >= 4 is 48.7 Å². The molecule has 0 saturated carbocycles. The summed E-state index contributed by atoms with van der Waals surface area (Å²) < 4.78 is 2.56. The molecule has 3 aromatic rings. The van der Waals surface area contributed by atoms with Gasteiger partial charge < -0.3 is 5.32 Å². The van der Waals surface area contributed by atoms with Crippen LogP contribution in [0.3, 0.4) is 0 Å². The van der Waals surface area contributed by atoms with Gasteiger partial charge in [0.2, 0.25) is 0 Å². The predicted molar refractivity (Wildman–Crippen MR) is 94.0 cm³/mol. The van der Waals surface area contributed by atoms with Crippen LogP contribution in [0, 0.1) is 0 Å². The molecule has 0 bridgehead atoms. The second-order valence-electron chi connectivity index (χ2n) is 4.75. The highest BCUT2D eigenvalue weighted by molar-refractivity contribution is 9.10. The summed E-state index contributed by atoms with van der Waals surface area (Å²) in [6, 6.07) is 11.2. The molecule has 0 aliphatic carbocycles. The van der Waals surface area contributed by atoms with Crippen molar-refractivity contribution in [3.05, 3.63) is 56.0 Å². The van der Waals surface area contributed by atoms with Crippen molar-refractivity contribution in [3.8, 4) is 0 Å². The molecule has 0 spiro atoms. The Hall–Kier alpha value is -0.680. The molecule has 0 radical (unpaired) electrons. The highest BCUT2D eigenvalue weighted by Gasteiger charge is 2.19. The van der Waals surface area contributed by atoms with Gasteiger partial charge in [0.25, 0.3) is 0 Å². The zero-order chi connectivity index (χ0) is 13.9. The van der Waals surface area contributed by atoms with E-state index in [9.17, 15) is 0 Å². The van der Waals surface area contributed by atoms with Crippen LogP contribution in [0.4, 0.5) is 0 Å². The minimum absolute atomic E-state index is 0.285. The van der Waals surface area contributed by atoms with E-state index in [-0.39, 0.29) is 6.04 Å². The summed E-state index contributed by atoms with van der Waals surface area (Å²) in [5.41, 5.74) is 1.34. The Morgan fingerprint density at radius 2 is 2.10 bits per heavy atom. The second-order valence-corrected chi connectivity index (χ2v) is 7.46. The van der Waals surface area contributed by atoms with Crippen molar-refractivity contribution < 1.29 is 0 Å². The molecular weight excluding hydrogens is 350 g/mol. The number of nitrogens with one attached hydrogen (secondary N) is 1. The standard InChI is InChI=1S/C16H16BrNS2/c1-2-7-18-16(12-9-19-10-13(12)17)15-8-11-5-3-4-6-14(11)20-15/h3-6,8-10,16,18H,2,7H2,1H3. The monoisotopic (exact) mass is 365 g/mol. The normalized spacial score (nSPS) is 12.9. The van der Waals surface area contributed by atoms with Gasteiger partial charge in [0.05, 0.1) is 6.04 Å². The molecule has 0 aliphatic heterocycles. The molecule has 2 aromatic heterocycles. The summed E-state index contributed by atoms with van der Waals surface area (Å²) in [5, 5.41) is 9.41. The first-order valence-electron chi connectivity index (χ1n) is 6.73. The quantitative estimate of drug-likeness (QED) is 0.600. The number of thiophene rings is 2. The predicted octanol–water partition coefficient (Wildman–Crippen LogP) is 5.81. The Balaban J connectivity index is 2.02. The van der Waals surface area contributed by atoms with Gasteiger partial charge in [-0.3, -0.25) is 0 Å². The van der Waals surface area contributed by atoms with Gasteiger partial charge >= 0.3 is 0 Å². The van der Waals surface area contributed by atoms with Crippen molar-refractivity contribution in [2.75, 3.05) is 6.54 Å². The van der Waals surface area contributed by atoms with E-state index in [0.29, 0.717) is 0 Å². The van der Waals surface area contributed by atoms with Gasteiger partial charge in [-0.05, 0) is 57.4 Å². The lowest BCUT2D eigenvalue weighted by Crippen LogP contribution is -2.22. The fourth-order valence-electron chi connectivity index (χ4n) is 2.29. The van der Waals surface area contributed by atoms with Crippen molar-refractivity contribution in [1.82, 2.24) is 5.32 Å². The van der Waals surface area contributed by atoms with Crippen LogP contribution in [0.1, 0.15) is 29.8 Å². The zero-order valence-corrected chi connectivity index (χ0v) is 14.4. The molecule has 4 heteroatoms. The molecule has 2 heterocycles. The minimum atomic E-state index is 0.285. The zero-order valence-electron chi connectivity index (χ0n) is 11.2. The largest absolute Gasteiger partial charge is 0.306 e. The molecule has 3 rings (SSSR count). The lowest BCUT2D eigenvalue weighted by Gasteiger charge is -2.16. The van der Waals surface area contributed by atoms with Crippen LogP contribution in [0.2, 0.25) is 0 Å². The van der Waals surface area contributed by atoms with E-state index in [1.165, 1.54) is 25.0 Å². The first-order chi connectivity index (χ1) is 9.79. The Kier molecular flexibility index (Phi) is 4.56. The Labute approximate surface area is 135 Å². The topological polar surface area (TPSA) is 12.0 Å². The van der Waals surface area contributed by atoms with Crippen molar-refractivity contribution in [2.24, 2.45) is 0 Å². The summed E-state index contributed by atoms with van der Waals surface area (Å²) >= 11 is 7.31. The Bertz CT molecular complexity index is 668. The summed E-state index contributed by atoms with van der Waals surface area (Å²) in [6.07, 6.45) is 1.14.